The van der Waals surface area contributed by atoms with Crippen molar-refractivity contribution < 1.29 is 19.5 Å². The number of rotatable bonds is 8. The topological polar surface area (TPSA) is 129 Å². The highest BCUT2D eigenvalue weighted by Gasteiger charge is 2.76. The highest BCUT2D eigenvalue weighted by Crippen LogP contribution is 2.68. The van der Waals surface area contributed by atoms with Gasteiger partial charge in [0.1, 0.15) is 18.2 Å². The van der Waals surface area contributed by atoms with Gasteiger partial charge in [0, 0.05) is 12.3 Å². The molecule has 3 fully saturated rings. The van der Waals surface area contributed by atoms with E-state index in [1.165, 1.54) is 0 Å². The molecule has 2 bridgehead atoms. The van der Waals surface area contributed by atoms with Crippen LogP contribution in [-0.4, -0.2) is 78.5 Å². The molecule has 3 N–H and O–H groups in total. The fraction of sp³-hybridized carbons (Fsp3) is 0.464. The average molecular weight is 549 g/mol. The molecule has 0 aliphatic carbocycles. The van der Waals surface area contributed by atoms with Crippen LogP contribution in [0.1, 0.15) is 18.9 Å². The number of amides is 3. The number of likely N-dealkylation sites (tertiary alicyclic amines) is 1. The molecule has 1 spiro atoms. The van der Waals surface area contributed by atoms with Crippen molar-refractivity contribution in [2.45, 2.75) is 48.5 Å². The Bertz CT molecular complexity index is 1420. The number of thioether (sulfide) groups is 1. The lowest BCUT2D eigenvalue weighted by Crippen LogP contribution is -2.59. The molecule has 3 unspecified atom stereocenters. The van der Waals surface area contributed by atoms with Gasteiger partial charge in [0.25, 0.3) is 0 Å². The minimum atomic E-state index is -0.842. The van der Waals surface area contributed by atoms with E-state index in [1.54, 1.807) is 28.4 Å². The van der Waals surface area contributed by atoms with Crippen LogP contribution in [0, 0.1) is 17.8 Å². The van der Waals surface area contributed by atoms with Gasteiger partial charge >= 0.3 is 0 Å². The monoisotopic (exact) mass is 548 g/mol. The Morgan fingerprint density at radius 2 is 1.90 bits per heavy atom. The van der Waals surface area contributed by atoms with Crippen molar-refractivity contribution in [3.8, 4) is 0 Å². The molecule has 3 aliphatic rings. The molecule has 3 amide bonds. The van der Waals surface area contributed by atoms with Crippen LogP contribution >= 0.6 is 11.8 Å². The first-order valence-electron chi connectivity index (χ1n) is 13.3. The van der Waals surface area contributed by atoms with Crippen molar-refractivity contribution >= 4 is 40.5 Å². The third-order valence-electron chi connectivity index (χ3n) is 8.72. The number of aliphatic hydroxyl groups excluding tert-OH is 1. The summed E-state index contributed by atoms with van der Waals surface area (Å²) in [6, 6.07) is 15.7. The predicted molar refractivity (Wildman–Crippen MR) is 146 cm³/mol. The zero-order valence-corrected chi connectivity index (χ0v) is 22.7. The maximum absolute atomic E-state index is 14.3. The average Bonchev–Trinajstić information content (AvgIpc) is 3.68. The van der Waals surface area contributed by atoms with E-state index < -0.39 is 28.7 Å². The predicted octanol–water partition coefficient (Wildman–Crippen LogP) is 1.19. The molecule has 3 saturated heterocycles. The number of nitrogens with zero attached hydrogens (tertiary/aromatic N) is 4. The van der Waals surface area contributed by atoms with Gasteiger partial charge in [-0.2, -0.15) is 0 Å². The van der Waals surface area contributed by atoms with E-state index in [9.17, 15) is 19.5 Å². The molecular formula is C28H32N6O4S. The lowest BCUT2D eigenvalue weighted by molar-refractivity contribution is -0.142. The van der Waals surface area contributed by atoms with Gasteiger partial charge in [0.05, 0.1) is 34.7 Å². The standard InChI is InChI=1S/C28H32N6O4S/c1-16-12-21-22(25(36)29-2)23-27(38)34(18(14-35)13-17-8-4-3-5-9-17)24(28(16,23)39-21)26(37)30-15-33-20-11-7-6-10-19(20)31-32-33/h3-11,16,18,21-24,35H,12-15H2,1-2H3,(H,29,36)(H,30,37)/t16?,18-,21+,22-,23+,24?,28?/m1/s1. The second kappa shape index (κ2) is 9.95. The Labute approximate surface area is 230 Å². The minimum Gasteiger partial charge on any atom is -0.394 e. The van der Waals surface area contributed by atoms with Crippen LogP contribution in [0.3, 0.4) is 0 Å². The van der Waals surface area contributed by atoms with Gasteiger partial charge in [0.15, 0.2) is 0 Å². The second-order valence-corrected chi connectivity index (χ2v) is 12.3. The van der Waals surface area contributed by atoms with Crippen molar-refractivity contribution in [1.29, 1.82) is 0 Å². The van der Waals surface area contributed by atoms with Crippen molar-refractivity contribution in [3.63, 3.8) is 0 Å². The Morgan fingerprint density at radius 3 is 2.64 bits per heavy atom. The number of carbonyl (C=O) groups excluding carboxylic acids is 3. The molecule has 0 radical (unpaired) electrons. The number of fused-ring (bicyclic) bond motifs is 2. The lowest BCUT2D eigenvalue weighted by atomic mass is 9.66. The largest absolute Gasteiger partial charge is 0.394 e. The second-order valence-electron chi connectivity index (χ2n) is 10.7. The van der Waals surface area contributed by atoms with Crippen molar-refractivity contribution in [1.82, 2.24) is 30.5 Å². The summed E-state index contributed by atoms with van der Waals surface area (Å²) in [5.74, 6) is -1.83. The first-order chi connectivity index (χ1) is 18.9. The summed E-state index contributed by atoms with van der Waals surface area (Å²) < 4.78 is 0.852. The molecule has 3 aromatic rings. The quantitative estimate of drug-likeness (QED) is 0.386. The molecule has 6 rings (SSSR count). The summed E-state index contributed by atoms with van der Waals surface area (Å²) >= 11 is 1.61. The number of benzene rings is 2. The zero-order chi connectivity index (χ0) is 27.3. The molecule has 1 aromatic heterocycles. The Hall–Kier alpha value is -3.44. The number of para-hydroxylation sites is 1. The van der Waals surface area contributed by atoms with Crippen LogP contribution < -0.4 is 10.6 Å². The lowest BCUT2D eigenvalue weighted by Gasteiger charge is -2.40. The van der Waals surface area contributed by atoms with E-state index in [1.807, 2.05) is 54.6 Å². The maximum atomic E-state index is 14.3. The van der Waals surface area contributed by atoms with E-state index in [2.05, 4.69) is 27.9 Å². The molecule has 3 aliphatic heterocycles. The highest BCUT2D eigenvalue weighted by molar-refractivity contribution is 8.02. The van der Waals surface area contributed by atoms with Gasteiger partial charge in [0.2, 0.25) is 17.7 Å². The van der Waals surface area contributed by atoms with Gasteiger partial charge < -0.3 is 20.6 Å². The third kappa shape index (κ3) is 3.93. The summed E-state index contributed by atoms with van der Waals surface area (Å²) in [6.45, 7) is 1.86. The van der Waals surface area contributed by atoms with Gasteiger partial charge in [-0.05, 0) is 36.5 Å². The molecule has 2 aromatic carbocycles. The van der Waals surface area contributed by atoms with E-state index in [-0.39, 0.29) is 42.2 Å². The smallest absolute Gasteiger partial charge is 0.245 e. The Kier molecular flexibility index (Phi) is 6.58. The van der Waals surface area contributed by atoms with E-state index in [0.717, 1.165) is 23.0 Å². The molecule has 39 heavy (non-hydrogen) atoms. The molecule has 4 heterocycles. The van der Waals surface area contributed by atoms with Crippen LogP contribution in [-0.2, 0) is 27.5 Å². The summed E-state index contributed by atoms with van der Waals surface area (Å²) in [5.41, 5.74) is 2.47. The summed E-state index contributed by atoms with van der Waals surface area (Å²) in [6.07, 6.45) is 1.15. The Balaban J connectivity index is 1.37. The van der Waals surface area contributed by atoms with Gasteiger partial charge in [-0.25, -0.2) is 4.68 Å². The SMILES string of the molecule is CNC(=O)[C@@H]1[C@@H]2CC(C)C3(S2)C(C(=O)NCn2nnc4ccccc42)N([C@@H](CO)Cc2ccccc2)C(=O)[C@H]13. The third-order valence-corrected chi connectivity index (χ3v) is 10.8. The van der Waals surface area contributed by atoms with Gasteiger partial charge in [-0.3, -0.25) is 14.4 Å². The van der Waals surface area contributed by atoms with Crippen LogP contribution in [0.15, 0.2) is 54.6 Å². The summed E-state index contributed by atoms with van der Waals surface area (Å²) in [7, 11) is 1.59. The van der Waals surface area contributed by atoms with Gasteiger partial charge in [-0.1, -0.05) is 54.6 Å². The first kappa shape index (κ1) is 25.8. The molecule has 10 nitrogen and oxygen atoms in total. The maximum Gasteiger partial charge on any atom is 0.245 e. The number of aromatic nitrogens is 3. The molecule has 7 atom stereocenters. The van der Waals surface area contributed by atoms with Crippen LogP contribution in [0.5, 0.6) is 0 Å². The van der Waals surface area contributed by atoms with Gasteiger partial charge in [-0.15, -0.1) is 16.9 Å². The van der Waals surface area contributed by atoms with Crippen LogP contribution in [0.2, 0.25) is 0 Å². The van der Waals surface area contributed by atoms with Crippen molar-refractivity contribution in [3.05, 3.63) is 60.2 Å². The van der Waals surface area contributed by atoms with Crippen LogP contribution in [0.4, 0.5) is 0 Å². The first-order valence-corrected chi connectivity index (χ1v) is 14.2. The van der Waals surface area contributed by atoms with E-state index >= 15 is 0 Å². The fourth-order valence-corrected chi connectivity index (χ4v) is 9.45. The van der Waals surface area contributed by atoms with Crippen molar-refractivity contribution in [2.75, 3.05) is 13.7 Å². The number of carbonyl (C=O) groups is 3. The summed E-state index contributed by atoms with van der Waals surface area (Å²) in [5, 5.41) is 24.6. The van der Waals surface area contributed by atoms with E-state index in [4.69, 9.17) is 0 Å². The molecule has 11 heteroatoms. The minimum absolute atomic E-state index is 0.0337. The Morgan fingerprint density at radius 1 is 1.15 bits per heavy atom. The summed E-state index contributed by atoms with van der Waals surface area (Å²) in [4.78, 5) is 43.1. The van der Waals surface area contributed by atoms with Crippen LogP contribution in [0.25, 0.3) is 11.0 Å². The normalized spacial score (nSPS) is 30.0. The number of nitrogens with one attached hydrogen (secondary N) is 2. The molecule has 0 saturated carbocycles. The van der Waals surface area contributed by atoms with Crippen molar-refractivity contribution in [2.24, 2.45) is 17.8 Å². The number of aliphatic hydroxyl groups is 1. The highest BCUT2D eigenvalue weighted by atomic mass is 32.2. The number of hydrogen-bond acceptors (Lipinski definition) is 7. The fourth-order valence-electron chi connectivity index (χ4n) is 7.04. The molecule has 204 valence electrons. The van der Waals surface area contributed by atoms with E-state index in [0.29, 0.717) is 6.42 Å². The zero-order valence-electron chi connectivity index (χ0n) is 21.9. The molecular weight excluding hydrogens is 516 g/mol. The number of hydrogen-bond donors (Lipinski definition) is 3.